The maximum Gasteiger partial charge on any atom is 0.271 e. The quantitative estimate of drug-likeness (QED) is 0.744. The first kappa shape index (κ1) is 10.9. The van der Waals surface area contributed by atoms with E-state index in [2.05, 4.69) is 15.3 Å². The highest BCUT2D eigenvalue weighted by Gasteiger charge is 2.06. The van der Waals surface area contributed by atoms with E-state index in [0.29, 0.717) is 13.2 Å². The average Bonchev–Trinajstić information content (AvgIpc) is 2.18. The van der Waals surface area contributed by atoms with Crippen LogP contribution in [0.2, 0.25) is 5.15 Å². The van der Waals surface area contributed by atoms with Gasteiger partial charge in [0.15, 0.2) is 0 Å². The summed E-state index contributed by atoms with van der Waals surface area (Å²) in [6.07, 6.45) is 2.72. The van der Waals surface area contributed by atoms with Crippen LogP contribution in [0.25, 0.3) is 0 Å². The number of ether oxygens (including phenoxy) is 1. The highest BCUT2D eigenvalue weighted by atomic mass is 35.5. The Morgan fingerprint density at radius 1 is 1.64 bits per heavy atom. The predicted octanol–water partition coefficient (Wildman–Crippen LogP) is 0.506. The zero-order valence-corrected chi connectivity index (χ0v) is 8.41. The number of nitrogens with one attached hydrogen (secondary N) is 1. The number of hydrogen-bond donors (Lipinski definition) is 1. The van der Waals surface area contributed by atoms with Crippen molar-refractivity contribution in [3.63, 3.8) is 0 Å². The first-order valence-electron chi connectivity index (χ1n) is 3.98. The fourth-order valence-electron chi connectivity index (χ4n) is 0.809. The number of amides is 1. The van der Waals surface area contributed by atoms with Crippen LogP contribution in [-0.2, 0) is 4.74 Å². The Morgan fingerprint density at radius 2 is 2.43 bits per heavy atom. The zero-order chi connectivity index (χ0) is 10.4. The van der Waals surface area contributed by atoms with Crippen LogP contribution in [0.4, 0.5) is 0 Å². The van der Waals surface area contributed by atoms with Crippen molar-refractivity contribution in [1.29, 1.82) is 0 Å². The number of methoxy groups -OCH3 is 1. The Kier molecular flexibility index (Phi) is 4.28. The number of halogens is 1. The molecule has 14 heavy (non-hydrogen) atoms. The molecular weight excluding hydrogens is 206 g/mol. The summed E-state index contributed by atoms with van der Waals surface area (Å²) < 4.78 is 4.78. The number of nitrogens with zero attached hydrogens (tertiary/aromatic N) is 2. The van der Waals surface area contributed by atoms with E-state index in [-0.39, 0.29) is 16.8 Å². The third-order valence-electron chi connectivity index (χ3n) is 1.43. The molecule has 0 aromatic carbocycles. The van der Waals surface area contributed by atoms with Crippen LogP contribution in [0.3, 0.4) is 0 Å². The molecule has 1 aromatic heterocycles. The fourth-order valence-corrected chi connectivity index (χ4v) is 0.956. The summed E-state index contributed by atoms with van der Waals surface area (Å²) in [4.78, 5) is 18.9. The molecule has 0 saturated heterocycles. The van der Waals surface area contributed by atoms with E-state index in [1.807, 2.05) is 0 Å². The van der Waals surface area contributed by atoms with Crippen LogP contribution in [0.5, 0.6) is 0 Å². The van der Waals surface area contributed by atoms with Gasteiger partial charge in [0.25, 0.3) is 5.91 Å². The number of carbonyl (C=O) groups excluding carboxylic acids is 1. The number of carbonyl (C=O) groups is 1. The van der Waals surface area contributed by atoms with Gasteiger partial charge in [-0.05, 0) is 0 Å². The predicted molar refractivity (Wildman–Crippen MR) is 51.3 cm³/mol. The molecule has 0 unspecified atom stereocenters. The Bertz CT molecular complexity index is 319. The zero-order valence-electron chi connectivity index (χ0n) is 7.66. The largest absolute Gasteiger partial charge is 0.383 e. The Labute approximate surface area is 86.5 Å². The lowest BCUT2D eigenvalue weighted by molar-refractivity contribution is 0.0931. The van der Waals surface area contributed by atoms with Crippen LogP contribution >= 0.6 is 11.6 Å². The van der Waals surface area contributed by atoms with Gasteiger partial charge in [0.05, 0.1) is 19.0 Å². The molecule has 6 heteroatoms. The molecule has 0 radical (unpaired) electrons. The number of hydrogen-bond acceptors (Lipinski definition) is 4. The van der Waals surface area contributed by atoms with Crippen LogP contribution in [0, 0.1) is 0 Å². The van der Waals surface area contributed by atoms with Gasteiger partial charge >= 0.3 is 0 Å². The molecule has 1 aromatic rings. The molecule has 1 heterocycles. The van der Waals surface area contributed by atoms with Gasteiger partial charge in [0.2, 0.25) is 0 Å². The van der Waals surface area contributed by atoms with Crippen molar-refractivity contribution >= 4 is 17.5 Å². The molecule has 0 spiro atoms. The van der Waals surface area contributed by atoms with Crippen molar-refractivity contribution in [3.8, 4) is 0 Å². The van der Waals surface area contributed by atoms with Gasteiger partial charge in [0.1, 0.15) is 10.8 Å². The van der Waals surface area contributed by atoms with E-state index < -0.39 is 0 Å². The SMILES string of the molecule is COCCNC(=O)c1cncc(Cl)n1. The highest BCUT2D eigenvalue weighted by Crippen LogP contribution is 2.01. The number of rotatable bonds is 4. The van der Waals surface area contributed by atoms with Crippen molar-refractivity contribution in [2.75, 3.05) is 20.3 Å². The van der Waals surface area contributed by atoms with Crippen molar-refractivity contribution in [2.24, 2.45) is 0 Å². The maximum atomic E-state index is 11.3. The van der Waals surface area contributed by atoms with Crippen molar-refractivity contribution in [3.05, 3.63) is 23.2 Å². The van der Waals surface area contributed by atoms with Crippen LogP contribution in [0.15, 0.2) is 12.4 Å². The lowest BCUT2D eigenvalue weighted by Gasteiger charge is -2.02. The molecule has 0 bridgehead atoms. The smallest absolute Gasteiger partial charge is 0.271 e. The minimum atomic E-state index is -0.308. The minimum absolute atomic E-state index is 0.199. The molecule has 0 aliphatic heterocycles. The van der Waals surface area contributed by atoms with Crippen molar-refractivity contribution < 1.29 is 9.53 Å². The summed E-state index contributed by atoms with van der Waals surface area (Å²) in [6, 6.07) is 0. The maximum absolute atomic E-state index is 11.3. The number of aromatic nitrogens is 2. The Balaban J connectivity index is 2.52. The van der Waals surface area contributed by atoms with Gasteiger partial charge in [-0.3, -0.25) is 9.78 Å². The topological polar surface area (TPSA) is 64.1 Å². The second-order valence-electron chi connectivity index (χ2n) is 2.48. The molecular formula is C8H10ClN3O2. The van der Waals surface area contributed by atoms with Crippen LogP contribution < -0.4 is 5.32 Å². The van der Waals surface area contributed by atoms with E-state index in [1.165, 1.54) is 12.4 Å². The second-order valence-corrected chi connectivity index (χ2v) is 2.86. The highest BCUT2D eigenvalue weighted by molar-refractivity contribution is 6.29. The fraction of sp³-hybridized carbons (Fsp3) is 0.375. The van der Waals surface area contributed by atoms with Gasteiger partial charge in [-0.1, -0.05) is 11.6 Å². The Morgan fingerprint density at radius 3 is 3.07 bits per heavy atom. The van der Waals surface area contributed by atoms with E-state index in [9.17, 15) is 4.79 Å². The molecule has 5 nitrogen and oxygen atoms in total. The third-order valence-corrected chi connectivity index (χ3v) is 1.61. The van der Waals surface area contributed by atoms with E-state index in [4.69, 9.17) is 16.3 Å². The van der Waals surface area contributed by atoms with Gasteiger partial charge in [-0.2, -0.15) is 0 Å². The molecule has 1 rings (SSSR count). The minimum Gasteiger partial charge on any atom is -0.383 e. The molecule has 1 N–H and O–H groups in total. The summed E-state index contributed by atoms with van der Waals surface area (Å²) in [6.45, 7) is 0.892. The van der Waals surface area contributed by atoms with Crippen molar-refractivity contribution in [2.45, 2.75) is 0 Å². The van der Waals surface area contributed by atoms with Gasteiger partial charge in [-0.25, -0.2) is 4.98 Å². The van der Waals surface area contributed by atoms with Gasteiger partial charge < -0.3 is 10.1 Å². The molecule has 0 fully saturated rings. The summed E-state index contributed by atoms with van der Waals surface area (Å²) in [5, 5.41) is 2.80. The van der Waals surface area contributed by atoms with Crippen LogP contribution in [-0.4, -0.2) is 36.1 Å². The van der Waals surface area contributed by atoms with E-state index >= 15 is 0 Å². The molecule has 1 amide bonds. The van der Waals surface area contributed by atoms with E-state index in [0.717, 1.165) is 0 Å². The normalized spacial score (nSPS) is 9.86. The van der Waals surface area contributed by atoms with E-state index in [1.54, 1.807) is 7.11 Å². The molecule has 0 saturated carbocycles. The van der Waals surface area contributed by atoms with Gasteiger partial charge in [0, 0.05) is 13.7 Å². The summed E-state index contributed by atoms with van der Waals surface area (Å²) in [7, 11) is 1.56. The monoisotopic (exact) mass is 215 g/mol. The molecule has 0 atom stereocenters. The first-order chi connectivity index (χ1) is 6.74. The average molecular weight is 216 g/mol. The summed E-state index contributed by atoms with van der Waals surface area (Å²) >= 11 is 5.57. The lowest BCUT2D eigenvalue weighted by Crippen LogP contribution is -2.27. The van der Waals surface area contributed by atoms with Gasteiger partial charge in [-0.15, -0.1) is 0 Å². The first-order valence-corrected chi connectivity index (χ1v) is 4.36. The Hall–Kier alpha value is -1.20. The molecule has 76 valence electrons. The van der Waals surface area contributed by atoms with Crippen LogP contribution in [0.1, 0.15) is 10.5 Å². The lowest BCUT2D eigenvalue weighted by atomic mass is 10.4. The third kappa shape index (κ3) is 3.27. The molecule has 0 aliphatic carbocycles. The van der Waals surface area contributed by atoms with Crippen molar-refractivity contribution in [1.82, 2.24) is 15.3 Å². The molecule has 0 aliphatic rings. The standard InChI is InChI=1S/C8H10ClN3O2/c1-14-3-2-11-8(13)6-4-10-5-7(9)12-6/h4-5H,2-3H2,1H3,(H,11,13). The second kappa shape index (κ2) is 5.51. The summed E-state index contributed by atoms with van der Waals surface area (Å²) in [5.41, 5.74) is 0.202. The summed E-state index contributed by atoms with van der Waals surface area (Å²) in [5.74, 6) is -0.308.